The van der Waals surface area contributed by atoms with Crippen LogP contribution in [0.25, 0.3) is 0 Å². The molecule has 0 aromatic carbocycles. The second-order valence-electron chi connectivity index (χ2n) is 6.77. The topological polar surface area (TPSA) is 63.2 Å². The van der Waals surface area contributed by atoms with E-state index < -0.39 is 0 Å². The summed E-state index contributed by atoms with van der Waals surface area (Å²) in [6, 6.07) is 3.60. The minimum absolute atomic E-state index is 0.117. The number of hydrogen-bond donors (Lipinski definition) is 2. The zero-order chi connectivity index (χ0) is 16.3. The van der Waals surface area contributed by atoms with Crippen molar-refractivity contribution in [1.29, 1.82) is 0 Å². The van der Waals surface area contributed by atoms with Gasteiger partial charge in [-0.1, -0.05) is 20.8 Å². The van der Waals surface area contributed by atoms with Crippen molar-refractivity contribution in [3.8, 4) is 0 Å². The fourth-order valence-corrected chi connectivity index (χ4v) is 1.64. The highest BCUT2D eigenvalue weighted by molar-refractivity contribution is 5.95. The monoisotopic (exact) mass is 293 g/mol. The number of pyridine rings is 1. The molecule has 0 saturated heterocycles. The first-order chi connectivity index (χ1) is 9.59. The van der Waals surface area contributed by atoms with Gasteiger partial charge in [-0.25, -0.2) is 4.98 Å². The highest BCUT2D eigenvalue weighted by Gasteiger charge is 2.21. The molecule has 0 unspecified atom stereocenters. The summed E-state index contributed by atoms with van der Waals surface area (Å²) in [4.78, 5) is 16.8. The molecule has 0 saturated carbocycles. The molecule has 1 heterocycles. The largest absolute Gasteiger partial charge is 0.377 e. The molecule has 1 aromatic rings. The van der Waals surface area contributed by atoms with E-state index in [2.05, 4.69) is 36.4 Å². The Labute approximate surface area is 127 Å². The summed E-state index contributed by atoms with van der Waals surface area (Å²) in [5.41, 5.74) is 0.978. The van der Waals surface area contributed by atoms with Crippen molar-refractivity contribution >= 4 is 11.7 Å². The molecule has 118 valence electrons. The number of hydrogen-bond acceptors (Lipinski definition) is 4. The Bertz CT molecular complexity index is 505. The molecular formula is C16H27N3O2. The van der Waals surface area contributed by atoms with Crippen molar-refractivity contribution < 1.29 is 9.53 Å². The van der Waals surface area contributed by atoms with Crippen LogP contribution in [0, 0.1) is 0 Å². The van der Waals surface area contributed by atoms with Crippen LogP contribution in [0.2, 0.25) is 0 Å². The van der Waals surface area contributed by atoms with E-state index in [4.69, 9.17) is 4.74 Å². The third-order valence-electron chi connectivity index (χ3n) is 3.34. The first-order valence-electron chi connectivity index (χ1n) is 7.13. The Hall–Kier alpha value is -1.62. The van der Waals surface area contributed by atoms with Gasteiger partial charge in [0.1, 0.15) is 5.82 Å². The van der Waals surface area contributed by atoms with E-state index in [1.807, 2.05) is 19.9 Å². The molecule has 1 amide bonds. The zero-order valence-corrected chi connectivity index (χ0v) is 14.1. The maximum atomic E-state index is 12.3. The molecule has 0 bridgehead atoms. The van der Waals surface area contributed by atoms with Crippen LogP contribution in [0.4, 0.5) is 5.82 Å². The Balaban J connectivity index is 2.99. The fourth-order valence-electron chi connectivity index (χ4n) is 1.64. The number of rotatable bonds is 5. The summed E-state index contributed by atoms with van der Waals surface area (Å²) in [6.07, 6.45) is 0. The molecule has 0 fully saturated rings. The summed E-state index contributed by atoms with van der Waals surface area (Å²) in [6.45, 7) is 10.5. The molecule has 0 spiro atoms. The average molecular weight is 293 g/mol. The predicted octanol–water partition coefficient (Wildman–Crippen LogP) is 2.58. The Morgan fingerprint density at radius 3 is 2.33 bits per heavy atom. The minimum atomic E-state index is -0.388. The fraction of sp³-hybridized carbons (Fsp3) is 0.625. The number of methoxy groups -OCH3 is 1. The summed E-state index contributed by atoms with van der Waals surface area (Å²) in [5.74, 6) is 0.572. The second kappa shape index (κ2) is 6.43. The van der Waals surface area contributed by atoms with Gasteiger partial charge >= 0.3 is 0 Å². The lowest BCUT2D eigenvalue weighted by molar-refractivity contribution is 0.0229. The van der Waals surface area contributed by atoms with Crippen LogP contribution >= 0.6 is 0 Å². The van der Waals surface area contributed by atoms with Crippen LogP contribution < -0.4 is 10.6 Å². The van der Waals surface area contributed by atoms with Crippen molar-refractivity contribution in [1.82, 2.24) is 10.3 Å². The Morgan fingerprint density at radius 1 is 1.24 bits per heavy atom. The van der Waals surface area contributed by atoms with Crippen molar-refractivity contribution in [2.45, 2.75) is 45.6 Å². The van der Waals surface area contributed by atoms with E-state index in [0.717, 1.165) is 5.69 Å². The lowest BCUT2D eigenvalue weighted by Gasteiger charge is -2.23. The van der Waals surface area contributed by atoms with Gasteiger partial charge in [-0.05, 0) is 26.0 Å². The van der Waals surface area contributed by atoms with Crippen LogP contribution in [0.1, 0.15) is 50.7 Å². The quantitative estimate of drug-likeness (QED) is 0.876. The molecule has 1 aromatic heterocycles. The molecule has 0 radical (unpaired) electrons. The van der Waals surface area contributed by atoms with Gasteiger partial charge in [0.25, 0.3) is 5.91 Å². The third kappa shape index (κ3) is 5.01. The van der Waals surface area contributed by atoms with Crippen LogP contribution in [0.15, 0.2) is 12.1 Å². The maximum absolute atomic E-state index is 12.3. The van der Waals surface area contributed by atoms with E-state index in [9.17, 15) is 4.79 Å². The van der Waals surface area contributed by atoms with Gasteiger partial charge in [-0.2, -0.15) is 0 Å². The number of amides is 1. The van der Waals surface area contributed by atoms with Crippen molar-refractivity contribution in [2.24, 2.45) is 0 Å². The molecule has 5 heteroatoms. The van der Waals surface area contributed by atoms with Gasteiger partial charge in [-0.3, -0.25) is 4.79 Å². The van der Waals surface area contributed by atoms with Gasteiger partial charge in [0.15, 0.2) is 0 Å². The zero-order valence-electron chi connectivity index (χ0n) is 14.1. The lowest BCUT2D eigenvalue weighted by Crippen LogP contribution is -2.39. The van der Waals surface area contributed by atoms with E-state index in [1.165, 1.54) is 0 Å². The average Bonchev–Trinajstić information content (AvgIpc) is 2.43. The number of anilines is 1. The van der Waals surface area contributed by atoms with Gasteiger partial charge < -0.3 is 15.4 Å². The summed E-state index contributed by atoms with van der Waals surface area (Å²) in [7, 11) is 3.43. The molecule has 5 nitrogen and oxygen atoms in total. The number of nitrogens with one attached hydrogen (secondary N) is 2. The SMILES string of the molecule is CNc1cc(C(=O)NCC(C)(C)OC)cc(C(C)(C)C)n1. The number of nitrogens with zero attached hydrogens (tertiary/aromatic N) is 1. The van der Waals surface area contributed by atoms with Gasteiger partial charge in [0.2, 0.25) is 0 Å². The van der Waals surface area contributed by atoms with Crippen molar-refractivity contribution in [3.05, 3.63) is 23.4 Å². The summed E-state index contributed by atoms with van der Waals surface area (Å²) >= 11 is 0. The maximum Gasteiger partial charge on any atom is 0.251 e. The molecule has 21 heavy (non-hydrogen) atoms. The summed E-state index contributed by atoms with van der Waals surface area (Å²) < 4.78 is 5.31. The van der Waals surface area contributed by atoms with E-state index in [1.54, 1.807) is 20.2 Å². The van der Waals surface area contributed by atoms with Crippen LogP contribution in [0.5, 0.6) is 0 Å². The van der Waals surface area contributed by atoms with Crippen LogP contribution in [-0.4, -0.2) is 37.2 Å². The van der Waals surface area contributed by atoms with Crippen LogP contribution in [-0.2, 0) is 10.2 Å². The second-order valence-corrected chi connectivity index (χ2v) is 6.77. The predicted molar refractivity (Wildman–Crippen MR) is 85.9 cm³/mol. The molecular weight excluding hydrogens is 266 g/mol. The number of carbonyl (C=O) groups is 1. The van der Waals surface area contributed by atoms with E-state index >= 15 is 0 Å². The number of aromatic nitrogens is 1. The van der Waals surface area contributed by atoms with Gasteiger partial charge in [0.05, 0.1) is 5.60 Å². The van der Waals surface area contributed by atoms with E-state index in [-0.39, 0.29) is 16.9 Å². The smallest absolute Gasteiger partial charge is 0.251 e. The minimum Gasteiger partial charge on any atom is -0.377 e. The number of carbonyl (C=O) groups excluding carboxylic acids is 1. The first-order valence-corrected chi connectivity index (χ1v) is 7.13. The Kier molecular flexibility index (Phi) is 5.34. The third-order valence-corrected chi connectivity index (χ3v) is 3.34. The highest BCUT2D eigenvalue weighted by atomic mass is 16.5. The molecule has 2 N–H and O–H groups in total. The summed E-state index contributed by atoms with van der Waals surface area (Å²) in [5, 5.41) is 5.90. The number of ether oxygens (including phenoxy) is 1. The van der Waals surface area contributed by atoms with Crippen molar-refractivity contribution in [3.63, 3.8) is 0 Å². The van der Waals surface area contributed by atoms with Crippen molar-refractivity contribution in [2.75, 3.05) is 26.0 Å². The normalized spacial score (nSPS) is 12.1. The van der Waals surface area contributed by atoms with Gasteiger partial charge in [-0.15, -0.1) is 0 Å². The first kappa shape index (κ1) is 17.4. The molecule has 0 aliphatic carbocycles. The van der Waals surface area contributed by atoms with Crippen LogP contribution in [0.3, 0.4) is 0 Å². The van der Waals surface area contributed by atoms with E-state index in [0.29, 0.717) is 17.9 Å². The highest BCUT2D eigenvalue weighted by Crippen LogP contribution is 2.23. The molecule has 1 rings (SSSR count). The standard InChI is InChI=1S/C16H27N3O2/c1-15(2,3)12-8-11(9-13(17-6)19-12)14(20)18-10-16(4,5)21-7/h8-9H,10H2,1-7H3,(H,17,19)(H,18,20). The lowest BCUT2D eigenvalue weighted by atomic mass is 9.90. The molecule has 0 aliphatic heterocycles. The molecule has 0 aliphatic rings. The molecule has 0 atom stereocenters. The Morgan fingerprint density at radius 2 is 1.86 bits per heavy atom. The van der Waals surface area contributed by atoms with Gasteiger partial charge in [0, 0.05) is 37.4 Å².